The highest BCUT2D eigenvalue weighted by Gasteiger charge is 2.63. The van der Waals surface area contributed by atoms with Crippen LogP contribution in [0.2, 0.25) is 0 Å². The Morgan fingerprint density at radius 1 is 1.05 bits per heavy atom. The Hall–Kier alpha value is -0.0800. The average Bonchev–Trinajstić information content (AvgIpc) is 2.71. The van der Waals surface area contributed by atoms with Gasteiger partial charge in [-0.2, -0.15) is 0 Å². The molecule has 0 aliphatic heterocycles. The number of hydrogen-bond acceptors (Lipinski definition) is 2. The Morgan fingerprint density at radius 2 is 1.79 bits per heavy atom. The van der Waals surface area contributed by atoms with E-state index in [2.05, 4.69) is 20.8 Å². The minimum Gasteiger partial charge on any atom is -0.393 e. The summed E-state index contributed by atoms with van der Waals surface area (Å²) in [5.74, 6) is 2.38. The minimum absolute atomic E-state index is 0.138. The SMILES string of the molecule is COC1CC(O)CCC1[C@@H]1C[C@H]2CC[C@]1(C)C2(C)C. The summed E-state index contributed by atoms with van der Waals surface area (Å²) >= 11 is 0. The molecule has 19 heavy (non-hydrogen) atoms. The zero-order chi connectivity index (χ0) is 13.8. The summed E-state index contributed by atoms with van der Waals surface area (Å²) in [6.07, 6.45) is 7.33. The molecule has 2 bridgehead atoms. The molecule has 6 atom stereocenters. The zero-order valence-corrected chi connectivity index (χ0v) is 13.0. The molecule has 0 amide bonds. The van der Waals surface area contributed by atoms with E-state index in [0.717, 1.165) is 31.1 Å². The highest BCUT2D eigenvalue weighted by molar-refractivity contribution is 5.12. The zero-order valence-electron chi connectivity index (χ0n) is 13.0. The molecule has 0 spiro atoms. The molecule has 2 nitrogen and oxygen atoms in total. The standard InChI is InChI=1S/C17H30O2/c1-16(2)11-7-8-17(16,3)14(9-11)13-6-5-12(18)10-15(13)19-4/h11-15,18H,5-10H2,1-4H3/t11-,12?,13?,14+,15?,17+/m1/s1. The van der Waals surface area contributed by atoms with Crippen molar-refractivity contribution in [1.29, 1.82) is 0 Å². The van der Waals surface area contributed by atoms with Gasteiger partial charge in [0.15, 0.2) is 0 Å². The second kappa shape index (κ2) is 4.46. The Bertz CT molecular complexity index is 351. The lowest BCUT2D eigenvalue weighted by atomic mass is 9.60. The molecular formula is C17H30O2. The summed E-state index contributed by atoms with van der Waals surface area (Å²) < 4.78 is 5.75. The van der Waals surface area contributed by atoms with Crippen molar-refractivity contribution in [2.45, 2.75) is 71.5 Å². The molecule has 2 heteroatoms. The van der Waals surface area contributed by atoms with E-state index < -0.39 is 0 Å². The molecule has 1 N–H and O–H groups in total. The van der Waals surface area contributed by atoms with Crippen molar-refractivity contribution in [3.8, 4) is 0 Å². The first kappa shape index (κ1) is 13.9. The highest BCUT2D eigenvalue weighted by Crippen LogP contribution is 2.70. The molecule has 3 aliphatic carbocycles. The number of fused-ring (bicyclic) bond motifs is 2. The van der Waals surface area contributed by atoms with Crippen LogP contribution in [-0.4, -0.2) is 24.4 Å². The minimum atomic E-state index is -0.138. The summed E-state index contributed by atoms with van der Waals surface area (Å²) in [7, 11) is 1.83. The number of aliphatic hydroxyl groups is 1. The van der Waals surface area contributed by atoms with Crippen molar-refractivity contribution >= 4 is 0 Å². The van der Waals surface area contributed by atoms with Crippen LogP contribution >= 0.6 is 0 Å². The number of ether oxygens (including phenoxy) is 1. The van der Waals surface area contributed by atoms with Crippen LogP contribution in [0.25, 0.3) is 0 Å². The van der Waals surface area contributed by atoms with Crippen LogP contribution in [0.15, 0.2) is 0 Å². The third-order valence-corrected chi connectivity index (χ3v) is 7.50. The molecular weight excluding hydrogens is 236 g/mol. The fraction of sp³-hybridized carbons (Fsp3) is 1.00. The first-order valence-corrected chi connectivity index (χ1v) is 8.11. The smallest absolute Gasteiger partial charge is 0.0626 e. The largest absolute Gasteiger partial charge is 0.393 e. The topological polar surface area (TPSA) is 29.5 Å². The fourth-order valence-electron chi connectivity index (χ4n) is 5.78. The molecule has 0 aromatic rings. The molecule has 0 aromatic heterocycles. The van der Waals surface area contributed by atoms with Gasteiger partial charge in [-0.05, 0) is 67.1 Å². The van der Waals surface area contributed by atoms with E-state index in [0.29, 0.717) is 16.7 Å². The predicted molar refractivity (Wildman–Crippen MR) is 76.9 cm³/mol. The Labute approximate surface area is 117 Å². The van der Waals surface area contributed by atoms with Crippen molar-refractivity contribution in [2.24, 2.45) is 28.6 Å². The predicted octanol–water partition coefficient (Wildman–Crippen LogP) is 3.62. The van der Waals surface area contributed by atoms with E-state index in [1.54, 1.807) is 0 Å². The molecule has 3 unspecified atom stereocenters. The summed E-state index contributed by atoms with van der Waals surface area (Å²) in [4.78, 5) is 0. The molecule has 3 rings (SSSR count). The van der Waals surface area contributed by atoms with Gasteiger partial charge < -0.3 is 9.84 Å². The molecule has 110 valence electrons. The third kappa shape index (κ3) is 1.82. The van der Waals surface area contributed by atoms with Crippen molar-refractivity contribution < 1.29 is 9.84 Å². The molecule has 0 saturated heterocycles. The molecule has 0 heterocycles. The van der Waals surface area contributed by atoms with E-state index in [1.807, 2.05) is 7.11 Å². The van der Waals surface area contributed by atoms with Gasteiger partial charge in [0.25, 0.3) is 0 Å². The van der Waals surface area contributed by atoms with Gasteiger partial charge in [-0.25, -0.2) is 0 Å². The van der Waals surface area contributed by atoms with Crippen molar-refractivity contribution in [1.82, 2.24) is 0 Å². The Kier molecular flexibility index (Phi) is 3.26. The van der Waals surface area contributed by atoms with Crippen LogP contribution in [0.1, 0.15) is 59.3 Å². The third-order valence-electron chi connectivity index (χ3n) is 7.50. The van der Waals surface area contributed by atoms with Crippen LogP contribution in [0.4, 0.5) is 0 Å². The lowest BCUT2D eigenvalue weighted by Gasteiger charge is -2.46. The summed E-state index contributed by atoms with van der Waals surface area (Å²) in [5.41, 5.74) is 0.980. The Balaban J connectivity index is 1.83. The van der Waals surface area contributed by atoms with Gasteiger partial charge in [0.2, 0.25) is 0 Å². The molecule has 3 aliphatic rings. The summed E-state index contributed by atoms with van der Waals surface area (Å²) in [6, 6.07) is 0. The van der Waals surface area contributed by atoms with Gasteiger partial charge in [0, 0.05) is 7.11 Å². The molecule has 3 saturated carbocycles. The van der Waals surface area contributed by atoms with E-state index in [9.17, 15) is 5.11 Å². The van der Waals surface area contributed by atoms with Crippen LogP contribution in [0.5, 0.6) is 0 Å². The maximum Gasteiger partial charge on any atom is 0.0626 e. The van der Waals surface area contributed by atoms with Gasteiger partial charge in [-0.1, -0.05) is 20.8 Å². The van der Waals surface area contributed by atoms with E-state index in [-0.39, 0.29) is 12.2 Å². The lowest BCUT2D eigenvalue weighted by Crippen LogP contribution is -2.44. The van der Waals surface area contributed by atoms with E-state index in [4.69, 9.17) is 4.74 Å². The molecule has 0 aromatic carbocycles. The maximum atomic E-state index is 9.89. The monoisotopic (exact) mass is 266 g/mol. The van der Waals surface area contributed by atoms with E-state index in [1.165, 1.54) is 19.3 Å². The first-order chi connectivity index (χ1) is 8.90. The van der Waals surface area contributed by atoms with Crippen molar-refractivity contribution in [3.63, 3.8) is 0 Å². The van der Waals surface area contributed by atoms with Crippen molar-refractivity contribution in [2.75, 3.05) is 7.11 Å². The van der Waals surface area contributed by atoms with Crippen LogP contribution in [0, 0.1) is 28.6 Å². The summed E-state index contributed by atoms with van der Waals surface area (Å²) in [6.45, 7) is 7.51. The Morgan fingerprint density at radius 3 is 2.32 bits per heavy atom. The fourth-order valence-corrected chi connectivity index (χ4v) is 5.78. The lowest BCUT2D eigenvalue weighted by molar-refractivity contribution is -0.0721. The first-order valence-electron chi connectivity index (χ1n) is 8.11. The van der Waals surface area contributed by atoms with Gasteiger partial charge in [0.1, 0.15) is 0 Å². The second-order valence-corrected chi connectivity index (χ2v) is 8.12. The molecule has 3 fully saturated rings. The van der Waals surface area contributed by atoms with Crippen molar-refractivity contribution in [3.05, 3.63) is 0 Å². The van der Waals surface area contributed by atoms with E-state index >= 15 is 0 Å². The number of aliphatic hydroxyl groups excluding tert-OH is 1. The van der Waals surface area contributed by atoms with Gasteiger partial charge in [-0.3, -0.25) is 0 Å². The molecule has 0 radical (unpaired) electrons. The van der Waals surface area contributed by atoms with Gasteiger partial charge in [-0.15, -0.1) is 0 Å². The number of methoxy groups -OCH3 is 1. The maximum absolute atomic E-state index is 9.89. The average molecular weight is 266 g/mol. The summed E-state index contributed by atoms with van der Waals surface area (Å²) in [5, 5.41) is 9.89. The number of rotatable bonds is 2. The van der Waals surface area contributed by atoms with Crippen LogP contribution in [0.3, 0.4) is 0 Å². The quantitative estimate of drug-likeness (QED) is 0.827. The highest BCUT2D eigenvalue weighted by atomic mass is 16.5. The van der Waals surface area contributed by atoms with Gasteiger partial charge in [0.05, 0.1) is 12.2 Å². The normalized spacial score (nSPS) is 52.6. The van der Waals surface area contributed by atoms with Crippen LogP contribution < -0.4 is 0 Å². The number of hydrogen-bond donors (Lipinski definition) is 1. The van der Waals surface area contributed by atoms with Gasteiger partial charge >= 0.3 is 0 Å². The second-order valence-electron chi connectivity index (χ2n) is 8.12. The van der Waals surface area contributed by atoms with Crippen LogP contribution in [-0.2, 0) is 4.74 Å².